The van der Waals surface area contributed by atoms with Crippen LogP contribution in [0.2, 0.25) is 0 Å². The van der Waals surface area contributed by atoms with Crippen LogP contribution in [0, 0.1) is 27.7 Å². The third kappa shape index (κ3) is 8.04. The van der Waals surface area contributed by atoms with Crippen molar-refractivity contribution in [2.75, 3.05) is 67.1 Å². The summed E-state index contributed by atoms with van der Waals surface area (Å²) in [5.41, 5.74) is -1.66. The van der Waals surface area contributed by atoms with E-state index in [0.717, 1.165) is 22.7 Å². The zero-order chi connectivity index (χ0) is 38.6. The molecule has 0 atom stereocenters. The van der Waals surface area contributed by atoms with Gasteiger partial charge in [-0.2, -0.15) is 26.3 Å². The molecule has 0 amide bonds. The minimum absolute atomic E-state index is 0.207. The minimum atomic E-state index is -5.68. The number of halogens is 6. The standard InChI is InChI=1S/C39H42F6O6S2/c1-23-31(25(3)52-35(23)27-7-11-29(12-8-27)50-21-19-48-17-15-46-5)33-34(38(42,43)39(44,45)37(33,40)41)32-24(2)36(53-26(32)4)28-9-13-30(14-10-28)51-22-20-49-18-16-47-6/h7-14H,15-22H2,1-6H3. The van der Waals surface area contributed by atoms with Crippen LogP contribution in [0.4, 0.5) is 26.3 Å². The van der Waals surface area contributed by atoms with E-state index in [0.29, 0.717) is 72.0 Å². The monoisotopic (exact) mass is 784 g/mol. The third-order valence-electron chi connectivity index (χ3n) is 8.90. The second-order valence-electron chi connectivity index (χ2n) is 12.4. The Kier molecular flexibility index (Phi) is 13.0. The SMILES string of the molecule is COCCOCCOc1ccc(-c2sc(C)c(C3=C(c4c(C)sc(-c5ccc(OCCOCCOC)cc5)c4C)C(F)(F)C(F)(F)C3(F)F)c2C)cc1. The van der Waals surface area contributed by atoms with Gasteiger partial charge in [-0.15, -0.1) is 22.7 Å². The van der Waals surface area contributed by atoms with E-state index >= 15 is 26.3 Å². The Morgan fingerprint density at radius 1 is 0.491 bits per heavy atom. The molecule has 5 rings (SSSR count). The lowest BCUT2D eigenvalue weighted by Gasteiger charge is -2.26. The van der Waals surface area contributed by atoms with E-state index in [1.807, 2.05) is 0 Å². The maximum Gasteiger partial charge on any atom is 0.380 e. The van der Waals surface area contributed by atoms with Crippen molar-refractivity contribution in [3.8, 4) is 32.4 Å². The number of aryl methyl sites for hydroxylation is 2. The van der Waals surface area contributed by atoms with E-state index in [9.17, 15) is 0 Å². The minimum Gasteiger partial charge on any atom is -0.491 e. The van der Waals surface area contributed by atoms with Gasteiger partial charge in [0.2, 0.25) is 0 Å². The van der Waals surface area contributed by atoms with Gasteiger partial charge in [0.05, 0.1) is 39.6 Å². The van der Waals surface area contributed by atoms with E-state index < -0.39 is 28.9 Å². The van der Waals surface area contributed by atoms with E-state index in [4.69, 9.17) is 28.4 Å². The Labute approximate surface area is 313 Å². The number of rotatable bonds is 18. The van der Waals surface area contributed by atoms with Gasteiger partial charge in [0.1, 0.15) is 24.7 Å². The van der Waals surface area contributed by atoms with Gasteiger partial charge in [0.15, 0.2) is 0 Å². The molecule has 4 aromatic rings. The average molecular weight is 785 g/mol. The molecule has 0 aliphatic heterocycles. The van der Waals surface area contributed by atoms with E-state index in [1.165, 1.54) is 27.7 Å². The van der Waals surface area contributed by atoms with Crippen LogP contribution < -0.4 is 9.47 Å². The fraction of sp³-hybridized carbons (Fsp3) is 0.436. The predicted molar refractivity (Wildman–Crippen MR) is 196 cm³/mol. The van der Waals surface area contributed by atoms with Gasteiger partial charge in [-0.1, -0.05) is 0 Å². The molecule has 1 aliphatic carbocycles. The molecular weight excluding hydrogens is 743 g/mol. The topological polar surface area (TPSA) is 55.4 Å². The highest BCUT2D eigenvalue weighted by Crippen LogP contribution is 2.67. The van der Waals surface area contributed by atoms with Gasteiger partial charge in [0, 0.05) is 56.0 Å². The van der Waals surface area contributed by atoms with Gasteiger partial charge in [-0.25, -0.2) is 0 Å². The zero-order valence-electron chi connectivity index (χ0n) is 30.3. The molecule has 0 saturated carbocycles. The van der Waals surface area contributed by atoms with Crippen molar-refractivity contribution in [2.45, 2.75) is 45.5 Å². The molecule has 6 nitrogen and oxygen atoms in total. The average Bonchev–Trinajstić information content (AvgIpc) is 3.62. The summed E-state index contributed by atoms with van der Waals surface area (Å²) in [6.07, 6.45) is 0. The van der Waals surface area contributed by atoms with Crippen LogP contribution in [0.5, 0.6) is 11.5 Å². The first-order valence-electron chi connectivity index (χ1n) is 16.9. The van der Waals surface area contributed by atoms with Crippen LogP contribution in [-0.2, 0) is 18.9 Å². The predicted octanol–water partition coefficient (Wildman–Crippen LogP) is 10.3. The number of benzene rings is 2. The molecule has 14 heteroatoms. The molecule has 0 bridgehead atoms. The molecule has 0 radical (unpaired) electrons. The van der Waals surface area contributed by atoms with Gasteiger partial charge in [0.25, 0.3) is 0 Å². The lowest BCUT2D eigenvalue weighted by Crippen LogP contribution is -2.49. The number of methoxy groups -OCH3 is 2. The van der Waals surface area contributed by atoms with Crippen molar-refractivity contribution in [3.05, 3.63) is 80.5 Å². The number of hydrogen-bond acceptors (Lipinski definition) is 8. The summed E-state index contributed by atoms with van der Waals surface area (Å²) in [5.74, 6) is -14.9. The van der Waals surface area contributed by atoms with Crippen LogP contribution >= 0.6 is 22.7 Å². The number of allylic oxidation sites excluding steroid dienone is 2. The first-order valence-corrected chi connectivity index (χ1v) is 18.5. The summed E-state index contributed by atoms with van der Waals surface area (Å²) in [7, 11) is 3.15. The van der Waals surface area contributed by atoms with Crippen LogP contribution in [0.1, 0.15) is 32.0 Å². The van der Waals surface area contributed by atoms with Crippen molar-refractivity contribution < 1.29 is 54.8 Å². The summed E-state index contributed by atoms with van der Waals surface area (Å²) in [4.78, 5) is 1.43. The van der Waals surface area contributed by atoms with Crippen LogP contribution in [0.25, 0.3) is 32.0 Å². The Morgan fingerprint density at radius 3 is 1.17 bits per heavy atom. The Hall–Kier alpha value is -3.40. The van der Waals surface area contributed by atoms with Crippen LogP contribution in [-0.4, -0.2) is 84.8 Å². The van der Waals surface area contributed by atoms with Crippen molar-refractivity contribution >= 4 is 33.8 Å². The first-order chi connectivity index (χ1) is 25.2. The van der Waals surface area contributed by atoms with E-state index in [1.54, 1.807) is 62.8 Å². The maximum absolute atomic E-state index is 16.0. The second-order valence-corrected chi connectivity index (χ2v) is 14.9. The quantitative estimate of drug-likeness (QED) is 0.0740. The fourth-order valence-corrected chi connectivity index (χ4v) is 8.66. The molecule has 0 saturated heterocycles. The molecule has 2 aromatic heterocycles. The smallest absolute Gasteiger partial charge is 0.380 e. The van der Waals surface area contributed by atoms with E-state index in [-0.39, 0.29) is 45.2 Å². The van der Waals surface area contributed by atoms with Crippen molar-refractivity contribution in [3.63, 3.8) is 0 Å². The van der Waals surface area contributed by atoms with Gasteiger partial charge >= 0.3 is 17.8 Å². The molecular formula is C39H42F6O6S2. The summed E-state index contributed by atoms with van der Waals surface area (Å²) < 4.78 is 127. The second kappa shape index (κ2) is 17.0. The lowest BCUT2D eigenvalue weighted by molar-refractivity contribution is -0.254. The molecule has 1 aliphatic rings. The molecule has 2 aromatic carbocycles. The van der Waals surface area contributed by atoms with Crippen molar-refractivity contribution in [2.24, 2.45) is 0 Å². The molecule has 0 spiro atoms. The largest absolute Gasteiger partial charge is 0.491 e. The summed E-state index contributed by atoms with van der Waals surface area (Å²) in [6.45, 7) is 9.01. The Bertz CT molecular complexity index is 1750. The highest BCUT2D eigenvalue weighted by molar-refractivity contribution is 7.16. The lowest BCUT2D eigenvalue weighted by atomic mass is 9.90. The van der Waals surface area contributed by atoms with Gasteiger partial charge in [-0.05, 0) is 98.5 Å². The van der Waals surface area contributed by atoms with Crippen molar-refractivity contribution in [1.29, 1.82) is 0 Å². The molecule has 0 fully saturated rings. The normalized spacial score (nSPS) is 16.1. The zero-order valence-corrected chi connectivity index (χ0v) is 31.9. The summed E-state index contributed by atoms with van der Waals surface area (Å²) in [5, 5.41) is 0. The fourth-order valence-electron chi connectivity index (χ4n) is 6.31. The van der Waals surface area contributed by atoms with Crippen molar-refractivity contribution in [1.82, 2.24) is 0 Å². The van der Waals surface area contributed by atoms with Crippen LogP contribution in [0.3, 0.4) is 0 Å². The number of thiophene rings is 2. The Morgan fingerprint density at radius 2 is 0.830 bits per heavy atom. The van der Waals surface area contributed by atoms with Crippen LogP contribution in [0.15, 0.2) is 48.5 Å². The molecule has 2 heterocycles. The van der Waals surface area contributed by atoms with E-state index in [2.05, 4.69) is 0 Å². The molecule has 53 heavy (non-hydrogen) atoms. The Balaban J connectivity index is 1.49. The van der Waals surface area contributed by atoms with Gasteiger partial charge < -0.3 is 28.4 Å². The molecule has 0 unspecified atom stereocenters. The maximum atomic E-state index is 16.0. The number of alkyl halides is 6. The summed E-state index contributed by atoms with van der Waals surface area (Å²) in [6, 6.07) is 13.6. The summed E-state index contributed by atoms with van der Waals surface area (Å²) >= 11 is 2.17. The molecule has 0 N–H and O–H groups in total. The molecule has 288 valence electrons. The first kappa shape index (κ1) is 40.8. The highest BCUT2D eigenvalue weighted by Gasteiger charge is 2.80. The van der Waals surface area contributed by atoms with Gasteiger partial charge in [-0.3, -0.25) is 0 Å². The number of ether oxygens (including phenoxy) is 6. The third-order valence-corrected chi connectivity index (χ3v) is 11.4. The highest BCUT2D eigenvalue weighted by atomic mass is 32.1. The number of hydrogen-bond donors (Lipinski definition) is 0.